The summed E-state index contributed by atoms with van der Waals surface area (Å²) in [5.41, 5.74) is 0.741. The Bertz CT molecular complexity index is 634. The number of carbonyl (C=O) groups is 2. The number of piperazine rings is 1. The van der Waals surface area contributed by atoms with E-state index >= 15 is 0 Å². The van der Waals surface area contributed by atoms with Crippen molar-refractivity contribution in [1.29, 1.82) is 0 Å². The van der Waals surface area contributed by atoms with Crippen LogP contribution in [0.25, 0.3) is 0 Å². The van der Waals surface area contributed by atoms with Crippen LogP contribution in [-0.2, 0) is 16.1 Å². The van der Waals surface area contributed by atoms with Gasteiger partial charge in [-0.05, 0) is 45.5 Å². The van der Waals surface area contributed by atoms with E-state index in [4.69, 9.17) is 0 Å². The molecular formula is C20H31FN4O2. The van der Waals surface area contributed by atoms with Crippen LogP contribution < -0.4 is 5.32 Å². The van der Waals surface area contributed by atoms with Gasteiger partial charge in [-0.25, -0.2) is 4.39 Å². The Morgan fingerprint density at radius 2 is 1.70 bits per heavy atom. The molecule has 0 unspecified atom stereocenters. The van der Waals surface area contributed by atoms with Crippen LogP contribution in [0.1, 0.15) is 26.3 Å². The van der Waals surface area contributed by atoms with Crippen LogP contribution in [0.4, 0.5) is 4.39 Å². The minimum atomic E-state index is -0.258. The first kappa shape index (κ1) is 21.3. The molecular weight excluding hydrogens is 347 g/mol. The largest absolute Gasteiger partial charge is 0.350 e. The number of hydrogen-bond donors (Lipinski definition) is 1. The van der Waals surface area contributed by atoms with Crippen molar-refractivity contribution in [2.24, 2.45) is 0 Å². The van der Waals surface area contributed by atoms with E-state index in [0.717, 1.165) is 5.56 Å². The molecule has 0 spiro atoms. The summed E-state index contributed by atoms with van der Waals surface area (Å²) in [4.78, 5) is 30.4. The lowest BCUT2D eigenvalue weighted by Gasteiger charge is -2.35. The summed E-state index contributed by atoms with van der Waals surface area (Å²) in [7, 11) is 1.88. The molecule has 1 aromatic rings. The van der Waals surface area contributed by atoms with Gasteiger partial charge in [0.05, 0.1) is 13.1 Å². The van der Waals surface area contributed by atoms with Crippen molar-refractivity contribution in [2.75, 3.05) is 46.3 Å². The highest BCUT2D eigenvalue weighted by atomic mass is 19.1. The number of halogens is 1. The molecule has 1 N–H and O–H groups in total. The number of amides is 2. The second kappa shape index (κ2) is 9.28. The number of likely N-dealkylation sites (N-methyl/N-ethyl adjacent to an activating group) is 1. The van der Waals surface area contributed by atoms with Gasteiger partial charge in [-0.15, -0.1) is 0 Å². The highest BCUT2D eigenvalue weighted by Gasteiger charge is 2.24. The first-order valence-corrected chi connectivity index (χ1v) is 9.36. The maximum atomic E-state index is 13.0. The van der Waals surface area contributed by atoms with Crippen molar-refractivity contribution in [3.05, 3.63) is 35.6 Å². The maximum Gasteiger partial charge on any atom is 0.236 e. The minimum Gasteiger partial charge on any atom is -0.350 e. The Morgan fingerprint density at radius 3 is 2.26 bits per heavy atom. The van der Waals surface area contributed by atoms with Gasteiger partial charge in [0, 0.05) is 38.3 Å². The highest BCUT2D eigenvalue weighted by Crippen LogP contribution is 2.07. The average Bonchev–Trinajstić information content (AvgIpc) is 2.55. The van der Waals surface area contributed by atoms with Crippen molar-refractivity contribution >= 4 is 11.8 Å². The number of carbonyl (C=O) groups excluding carboxylic acids is 2. The van der Waals surface area contributed by atoms with Crippen molar-refractivity contribution in [2.45, 2.75) is 32.9 Å². The summed E-state index contributed by atoms with van der Waals surface area (Å²) in [6.45, 7) is 9.83. The summed E-state index contributed by atoms with van der Waals surface area (Å²) < 4.78 is 13.0. The fraction of sp³-hybridized carbons (Fsp3) is 0.600. The summed E-state index contributed by atoms with van der Waals surface area (Å²) in [6, 6.07) is 6.33. The van der Waals surface area contributed by atoms with Crippen molar-refractivity contribution in [1.82, 2.24) is 20.0 Å². The summed E-state index contributed by atoms with van der Waals surface area (Å²) >= 11 is 0. The second-order valence-electron chi connectivity index (χ2n) is 8.25. The fourth-order valence-corrected chi connectivity index (χ4v) is 3.10. The predicted octanol–water partition coefficient (Wildman–Crippen LogP) is 1.32. The number of benzene rings is 1. The zero-order chi connectivity index (χ0) is 20.0. The highest BCUT2D eigenvalue weighted by molar-refractivity contribution is 5.79. The van der Waals surface area contributed by atoms with Crippen LogP contribution in [0.15, 0.2) is 24.3 Å². The molecule has 0 aromatic heterocycles. The molecule has 150 valence electrons. The van der Waals surface area contributed by atoms with Crippen molar-refractivity contribution < 1.29 is 14.0 Å². The summed E-state index contributed by atoms with van der Waals surface area (Å²) in [5.74, 6) is -0.161. The molecule has 2 rings (SSSR count). The molecule has 2 amide bonds. The summed E-state index contributed by atoms with van der Waals surface area (Å²) in [5, 5.41) is 2.96. The van der Waals surface area contributed by atoms with Gasteiger partial charge in [0.2, 0.25) is 11.8 Å². The molecule has 0 saturated carbocycles. The van der Waals surface area contributed by atoms with E-state index in [2.05, 4.69) is 10.2 Å². The third-order valence-corrected chi connectivity index (χ3v) is 4.38. The maximum absolute atomic E-state index is 13.0. The monoisotopic (exact) mass is 378 g/mol. The van der Waals surface area contributed by atoms with E-state index in [1.54, 1.807) is 12.1 Å². The molecule has 1 fully saturated rings. The van der Waals surface area contributed by atoms with Gasteiger partial charge in [0.25, 0.3) is 0 Å². The third-order valence-electron chi connectivity index (χ3n) is 4.38. The van der Waals surface area contributed by atoms with Gasteiger partial charge in [0.15, 0.2) is 0 Å². The molecule has 1 aliphatic heterocycles. The first-order valence-electron chi connectivity index (χ1n) is 9.36. The predicted molar refractivity (Wildman–Crippen MR) is 104 cm³/mol. The molecule has 27 heavy (non-hydrogen) atoms. The van der Waals surface area contributed by atoms with Gasteiger partial charge < -0.3 is 10.2 Å². The van der Waals surface area contributed by atoms with Crippen LogP contribution >= 0.6 is 0 Å². The van der Waals surface area contributed by atoms with Gasteiger partial charge >= 0.3 is 0 Å². The van der Waals surface area contributed by atoms with Crippen LogP contribution in [-0.4, -0.2) is 78.4 Å². The molecule has 0 aliphatic carbocycles. The minimum absolute atomic E-state index is 0.0151. The number of nitrogens with zero attached hydrogens (tertiary/aromatic N) is 3. The Hall–Kier alpha value is -1.99. The third kappa shape index (κ3) is 7.64. The second-order valence-corrected chi connectivity index (χ2v) is 8.25. The standard InChI is InChI=1S/C20H31FN4O2/c1-20(2,3)22-18(26)14-24-9-11-25(12-10-24)19(27)15-23(4)13-16-5-7-17(21)8-6-16/h5-8H,9-15H2,1-4H3,(H,22,26). The van der Waals surface area contributed by atoms with Crippen molar-refractivity contribution in [3.63, 3.8) is 0 Å². The number of hydrogen-bond acceptors (Lipinski definition) is 4. The average molecular weight is 378 g/mol. The topological polar surface area (TPSA) is 55.9 Å². The van der Waals surface area contributed by atoms with E-state index in [-0.39, 0.29) is 23.2 Å². The van der Waals surface area contributed by atoms with Gasteiger partial charge in [0.1, 0.15) is 5.82 Å². The van der Waals surface area contributed by atoms with Gasteiger partial charge in [-0.3, -0.25) is 19.4 Å². The molecule has 0 radical (unpaired) electrons. The molecule has 0 atom stereocenters. The summed E-state index contributed by atoms with van der Waals surface area (Å²) in [6.07, 6.45) is 0. The number of nitrogens with one attached hydrogen (secondary N) is 1. The number of rotatable bonds is 6. The van der Waals surface area contributed by atoms with E-state index in [0.29, 0.717) is 45.8 Å². The Labute approximate surface area is 161 Å². The zero-order valence-electron chi connectivity index (χ0n) is 16.8. The fourth-order valence-electron chi connectivity index (χ4n) is 3.10. The van der Waals surface area contributed by atoms with Crippen molar-refractivity contribution in [3.8, 4) is 0 Å². The van der Waals surface area contributed by atoms with Gasteiger partial charge in [-0.2, -0.15) is 0 Å². The van der Waals surface area contributed by atoms with E-state index in [9.17, 15) is 14.0 Å². The first-order chi connectivity index (χ1) is 12.6. The van der Waals surface area contributed by atoms with E-state index in [1.807, 2.05) is 37.6 Å². The van der Waals surface area contributed by atoms with Crippen LogP contribution in [0, 0.1) is 5.82 Å². The van der Waals surface area contributed by atoms with Crippen LogP contribution in [0.2, 0.25) is 0 Å². The lowest BCUT2D eigenvalue weighted by atomic mass is 10.1. The van der Waals surface area contributed by atoms with Gasteiger partial charge in [-0.1, -0.05) is 12.1 Å². The SMILES string of the molecule is CN(CC(=O)N1CCN(CC(=O)NC(C)(C)C)CC1)Cc1ccc(F)cc1. The lowest BCUT2D eigenvalue weighted by molar-refractivity contribution is -0.134. The molecule has 6 nitrogen and oxygen atoms in total. The normalized spacial score (nSPS) is 15.9. The molecule has 1 heterocycles. The molecule has 7 heteroatoms. The lowest BCUT2D eigenvalue weighted by Crippen LogP contribution is -2.54. The molecule has 1 aliphatic rings. The Kier molecular flexibility index (Phi) is 7.33. The molecule has 1 saturated heterocycles. The quantitative estimate of drug-likeness (QED) is 0.811. The molecule has 1 aromatic carbocycles. The molecule has 0 bridgehead atoms. The van der Waals surface area contributed by atoms with Crippen LogP contribution in [0.5, 0.6) is 0 Å². The Morgan fingerprint density at radius 1 is 1.11 bits per heavy atom. The zero-order valence-corrected chi connectivity index (χ0v) is 16.8. The van der Waals surface area contributed by atoms with E-state index < -0.39 is 0 Å². The van der Waals surface area contributed by atoms with Crippen LogP contribution in [0.3, 0.4) is 0 Å². The smallest absolute Gasteiger partial charge is 0.236 e. The van der Waals surface area contributed by atoms with E-state index in [1.165, 1.54) is 12.1 Å². The Balaban J connectivity index is 1.72.